The maximum Gasteiger partial charge on any atom is 0.412 e. The normalized spacial score (nSPS) is 11.5. The average molecular weight is 1370 g/mol. The fraction of sp³-hybridized carbons (Fsp3) is 0.254. The van der Waals surface area contributed by atoms with Crippen molar-refractivity contribution in [2.45, 2.75) is 84.5 Å². The maximum absolute atomic E-state index is 12.0. The van der Waals surface area contributed by atoms with Gasteiger partial charge < -0.3 is 58.6 Å². The van der Waals surface area contributed by atoms with Gasteiger partial charge in [0.05, 0.1) is 0 Å². The molecule has 14 N–H and O–H groups in total. The number of hydrogen-bond acceptors (Lipinski definition) is 25. The second-order valence-corrected chi connectivity index (χ2v) is 23.6. The van der Waals surface area contributed by atoms with Crippen molar-refractivity contribution in [2.75, 3.05) is 72.8 Å². The summed E-state index contributed by atoms with van der Waals surface area (Å²) in [6.45, 7) is 12.1. The van der Waals surface area contributed by atoms with Crippen molar-refractivity contribution in [1.29, 1.82) is 0 Å². The van der Waals surface area contributed by atoms with E-state index in [0.717, 1.165) is 48.3 Å². The molecule has 92 heavy (non-hydrogen) atoms. The van der Waals surface area contributed by atoms with Crippen LogP contribution in [-0.4, -0.2) is 102 Å². The van der Waals surface area contributed by atoms with Crippen molar-refractivity contribution in [1.82, 2.24) is 59.8 Å². The van der Waals surface area contributed by atoms with Crippen molar-refractivity contribution in [2.24, 2.45) is 0 Å². The molecule has 0 radical (unpaired) electrons. The number of nitrogens with two attached hydrogens (primary N) is 3. The second-order valence-electron chi connectivity index (χ2n) is 21.6. The van der Waals surface area contributed by atoms with E-state index < -0.39 is 23.4 Å². The number of nitrogens with one attached hydrogen (secondary N) is 8. The van der Waals surface area contributed by atoms with Gasteiger partial charge in [-0.25, -0.2) is 9.59 Å². The summed E-state index contributed by atoms with van der Waals surface area (Å²) in [7, 11) is 0. The van der Waals surface area contributed by atoms with Crippen LogP contribution in [0.2, 0.25) is 31.7 Å². The summed E-state index contributed by atoms with van der Waals surface area (Å²) in [6, 6.07) is 37.5. The summed E-state index contributed by atoms with van der Waals surface area (Å²) < 4.78 is 10.5. The number of anilines is 14. The fourth-order valence-electron chi connectivity index (χ4n) is 7.36. The van der Waals surface area contributed by atoms with Gasteiger partial charge in [0.1, 0.15) is 11.2 Å². The lowest BCUT2D eigenvalue weighted by molar-refractivity contribution is 0.0624. The number of hydrogen-bond donors (Lipinski definition) is 11. The number of carbonyl (C=O) groups excluding carboxylic acids is 2. The largest absolute Gasteiger partial charge is 0.444 e. The molecule has 0 unspecified atom stereocenters. The number of nitrogens with zero attached hydrogens (tertiary/aromatic N) is 12. The molecular formula is C59H65Cl6N23O4. The molecule has 0 bridgehead atoms. The first-order valence-electron chi connectivity index (χ1n) is 28.0. The highest BCUT2D eigenvalue weighted by Gasteiger charge is 2.23. The Hall–Kier alpha value is -9.38. The van der Waals surface area contributed by atoms with Gasteiger partial charge in [0.25, 0.3) is 0 Å². The summed E-state index contributed by atoms with van der Waals surface area (Å²) >= 11 is 33.5. The van der Waals surface area contributed by atoms with Crippen LogP contribution in [-0.2, 0) is 22.3 Å². The molecule has 5 aromatic carbocycles. The number of amides is 2. The molecule has 10 rings (SSSR count). The van der Waals surface area contributed by atoms with E-state index in [4.69, 9.17) is 96.3 Å². The van der Waals surface area contributed by atoms with Crippen LogP contribution in [0, 0.1) is 0 Å². The SMILES string of the molecule is CC(C)(C)OC(=O)Nc1cccc(Nc2nc(Cl)nc(Cl)n2)c1.CC(C)(C)OC(=O)Nc1cccc(Nc2nc(Cl)nc(NCCc3ccc(N)cc3)n2)c1.Clc1nc(Cl)nc(Cl)n1.Nc1ccc(CCNc2nc(Nc3cccc(N)c3)nc(NC3CC3)n2)cc1. The highest BCUT2D eigenvalue weighted by atomic mass is 35.5. The fourth-order valence-corrected chi connectivity index (χ4v) is 8.49. The van der Waals surface area contributed by atoms with Crippen LogP contribution < -0.4 is 59.7 Å². The summed E-state index contributed by atoms with van der Waals surface area (Å²) in [6.07, 6.45) is 2.82. The molecule has 9 aromatic rings. The van der Waals surface area contributed by atoms with E-state index in [1.807, 2.05) is 78.9 Å². The van der Waals surface area contributed by atoms with E-state index in [9.17, 15) is 9.59 Å². The van der Waals surface area contributed by atoms with Gasteiger partial charge >= 0.3 is 12.2 Å². The number of halogens is 6. The Kier molecular flexibility index (Phi) is 25.6. The van der Waals surface area contributed by atoms with Gasteiger partial charge in [0.15, 0.2) is 0 Å². The molecule has 482 valence electrons. The van der Waals surface area contributed by atoms with Gasteiger partial charge in [-0.3, -0.25) is 10.6 Å². The lowest BCUT2D eigenvalue weighted by Crippen LogP contribution is -2.27. The molecule has 0 atom stereocenters. The van der Waals surface area contributed by atoms with Crippen LogP contribution in [0.3, 0.4) is 0 Å². The quantitative estimate of drug-likeness (QED) is 0.0355. The molecule has 33 heteroatoms. The molecule has 4 heterocycles. The van der Waals surface area contributed by atoms with Crippen LogP contribution in [0.15, 0.2) is 121 Å². The van der Waals surface area contributed by atoms with Crippen LogP contribution >= 0.6 is 69.6 Å². The predicted octanol–water partition coefficient (Wildman–Crippen LogP) is 14.0. The first-order chi connectivity index (χ1) is 43.7. The third-order valence-electron chi connectivity index (χ3n) is 11.3. The minimum Gasteiger partial charge on any atom is -0.444 e. The zero-order chi connectivity index (χ0) is 66.4. The highest BCUT2D eigenvalue weighted by Crippen LogP contribution is 2.26. The van der Waals surface area contributed by atoms with Gasteiger partial charge in [0.2, 0.25) is 67.4 Å². The Morgan fingerprint density at radius 3 is 1.15 bits per heavy atom. The lowest BCUT2D eigenvalue weighted by atomic mass is 10.1. The number of aromatic nitrogens is 12. The molecular weight excluding hydrogens is 1310 g/mol. The van der Waals surface area contributed by atoms with Crippen molar-refractivity contribution in [3.8, 4) is 0 Å². The van der Waals surface area contributed by atoms with E-state index in [0.29, 0.717) is 71.4 Å². The summed E-state index contributed by atoms with van der Waals surface area (Å²) in [5.41, 5.74) is 23.9. The minimum atomic E-state index is -0.584. The van der Waals surface area contributed by atoms with Crippen LogP contribution in [0.1, 0.15) is 65.5 Å². The number of ether oxygens (including phenoxy) is 2. The summed E-state index contributed by atoms with van der Waals surface area (Å²) in [5, 5.41) is 24.3. The second kappa shape index (κ2) is 33.6. The maximum atomic E-state index is 12.0. The highest BCUT2D eigenvalue weighted by molar-refractivity contribution is 6.33. The number of nitrogen functional groups attached to an aromatic ring is 3. The Morgan fingerprint density at radius 2 is 0.739 bits per heavy atom. The Bertz CT molecular complexity index is 3830. The molecule has 0 spiro atoms. The van der Waals surface area contributed by atoms with Gasteiger partial charge in [-0.05, 0) is 227 Å². The number of benzene rings is 5. The van der Waals surface area contributed by atoms with Gasteiger partial charge in [-0.1, -0.05) is 42.5 Å². The first-order valence-corrected chi connectivity index (χ1v) is 30.2. The van der Waals surface area contributed by atoms with E-state index in [1.165, 1.54) is 5.56 Å². The van der Waals surface area contributed by atoms with E-state index in [1.54, 1.807) is 84.0 Å². The molecule has 1 saturated carbocycles. The minimum absolute atomic E-state index is 0.000000000000000444. The van der Waals surface area contributed by atoms with Crippen molar-refractivity contribution in [3.63, 3.8) is 0 Å². The number of carbonyl (C=O) groups is 2. The predicted molar refractivity (Wildman–Crippen MR) is 365 cm³/mol. The standard InChI is InChI=1S/C22H26ClN7O2.C20H24N8.C14H15Cl2N5O2.C3Cl3N3/c1-22(2,3)32-21(31)27-17-6-4-5-16(13-17)26-20-29-18(23)28-19(30-20)25-12-11-14-7-9-15(24)10-8-14;21-14-6-4-13(5-7-14)10-11-23-18-26-19(24-16-8-9-16)28-20(27-18)25-17-3-1-2-15(22)12-17;1-14(2,3)23-13(22)18-9-6-4-5-8(7-9)17-12-20-10(15)19-11(16)21-12;4-1-7-2(5)9-3(6)8-1/h4-10,13H,11-12,24H2,1-3H3,(H,27,31)(H2,25,26,28,29,30);1-7,12,16H,8-11,21-22H2,(H3,23,24,25,26,27,28);4-7H,1-3H3,(H,18,22)(H,17,19,20,21);. The molecule has 27 nitrogen and oxygen atoms in total. The van der Waals surface area contributed by atoms with Crippen molar-refractivity contribution < 1.29 is 19.1 Å². The third-order valence-corrected chi connectivity index (χ3v) is 12.3. The lowest BCUT2D eigenvalue weighted by Gasteiger charge is -2.19. The van der Waals surface area contributed by atoms with E-state index >= 15 is 0 Å². The summed E-state index contributed by atoms with van der Waals surface area (Å²) in [4.78, 5) is 71.6. The zero-order valence-electron chi connectivity index (χ0n) is 50.4. The molecule has 0 saturated heterocycles. The monoisotopic (exact) mass is 1370 g/mol. The average Bonchev–Trinajstić information content (AvgIpc) is 1.66. The van der Waals surface area contributed by atoms with Gasteiger partial charge in [-0.2, -0.15) is 59.8 Å². The Labute approximate surface area is 560 Å². The zero-order valence-corrected chi connectivity index (χ0v) is 54.9. The van der Waals surface area contributed by atoms with E-state index in [2.05, 4.69) is 102 Å². The van der Waals surface area contributed by atoms with Crippen LogP contribution in [0.4, 0.5) is 90.8 Å². The topological polar surface area (TPSA) is 382 Å². The van der Waals surface area contributed by atoms with Gasteiger partial charge in [0, 0.05) is 64.6 Å². The smallest absolute Gasteiger partial charge is 0.412 e. The van der Waals surface area contributed by atoms with Gasteiger partial charge in [-0.15, -0.1) is 0 Å². The number of rotatable bonds is 18. The summed E-state index contributed by atoms with van der Waals surface area (Å²) in [5.74, 6) is 2.39. The molecule has 1 fully saturated rings. The molecule has 1 aliphatic rings. The Balaban J connectivity index is 0.000000185. The van der Waals surface area contributed by atoms with Crippen LogP contribution in [0.25, 0.3) is 0 Å². The first kappa shape index (κ1) is 70.1. The van der Waals surface area contributed by atoms with Crippen molar-refractivity contribution in [3.05, 3.63) is 164 Å². The molecule has 0 aliphatic heterocycles. The van der Waals surface area contributed by atoms with Crippen LogP contribution in [0.5, 0.6) is 0 Å². The third kappa shape index (κ3) is 27.0. The molecule has 2 amide bonds. The van der Waals surface area contributed by atoms with Crippen molar-refractivity contribution >= 4 is 163 Å². The Morgan fingerprint density at radius 1 is 0.413 bits per heavy atom. The van der Waals surface area contributed by atoms with E-state index in [-0.39, 0.29) is 43.6 Å². The molecule has 1 aliphatic carbocycles. The molecule has 4 aromatic heterocycles.